The lowest BCUT2D eigenvalue weighted by Gasteiger charge is -2.15. The van der Waals surface area contributed by atoms with Gasteiger partial charge in [0.2, 0.25) is 0 Å². The third-order valence-electron chi connectivity index (χ3n) is 3.26. The second-order valence-corrected chi connectivity index (χ2v) is 8.10. The number of aryl methyl sites for hydroxylation is 1. The number of ketones is 1. The second-order valence-electron chi connectivity index (χ2n) is 4.82. The van der Waals surface area contributed by atoms with E-state index in [0.29, 0.717) is 5.56 Å². The van der Waals surface area contributed by atoms with Crippen molar-refractivity contribution >= 4 is 65.2 Å². The van der Waals surface area contributed by atoms with Crippen LogP contribution in [-0.2, 0) is 0 Å². The molecule has 1 aromatic heterocycles. The van der Waals surface area contributed by atoms with E-state index < -0.39 is 5.38 Å². The SMILES string of the molecule is Cc1cc(C(=O)C(C)Cl)c(C)n1-c1c(Br)cc(Br)cc1Br. The minimum atomic E-state index is -0.532. The monoisotopic (exact) mass is 495 g/mol. The van der Waals surface area contributed by atoms with Crippen molar-refractivity contribution in [1.29, 1.82) is 0 Å². The van der Waals surface area contributed by atoms with Crippen LogP contribution < -0.4 is 0 Å². The highest BCUT2D eigenvalue weighted by atomic mass is 79.9. The van der Waals surface area contributed by atoms with E-state index >= 15 is 0 Å². The van der Waals surface area contributed by atoms with Crippen molar-refractivity contribution in [3.63, 3.8) is 0 Å². The Hall–Kier alpha value is -0.100. The molecule has 1 atom stereocenters. The summed E-state index contributed by atoms with van der Waals surface area (Å²) in [4.78, 5) is 12.2. The Morgan fingerprint density at radius 2 is 1.67 bits per heavy atom. The molecule has 1 aromatic carbocycles. The predicted molar refractivity (Wildman–Crippen MR) is 98.0 cm³/mol. The molecule has 2 aromatic rings. The molecule has 0 N–H and O–H groups in total. The number of rotatable bonds is 3. The number of benzene rings is 1. The Bertz CT molecular complexity index is 699. The van der Waals surface area contributed by atoms with Crippen LogP contribution in [0.3, 0.4) is 0 Å². The molecule has 2 nitrogen and oxygen atoms in total. The Balaban J connectivity index is 2.70. The normalized spacial score (nSPS) is 12.5. The number of aromatic nitrogens is 1. The third kappa shape index (κ3) is 3.31. The van der Waals surface area contributed by atoms with Gasteiger partial charge in [-0.15, -0.1) is 11.6 Å². The molecule has 0 bridgehead atoms. The summed E-state index contributed by atoms with van der Waals surface area (Å²) in [6.07, 6.45) is 0. The number of Topliss-reactive ketones (excluding diaryl/α,β-unsaturated/α-hetero) is 1. The number of carbonyl (C=O) groups excluding carboxylic acids is 1. The van der Waals surface area contributed by atoms with E-state index in [1.165, 1.54) is 0 Å². The molecule has 0 amide bonds. The first-order valence-corrected chi connectivity index (χ1v) is 9.07. The van der Waals surface area contributed by atoms with Crippen LogP contribution in [0.2, 0.25) is 0 Å². The van der Waals surface area contributed by atoms with E-state index in [4.69, 9.17) is 11.6 Å². The molecule has 0 aliphatic carbocycles. The Kier molecular flexibility index (Phi) is 5.40. The van der Waals surface area contributed by atoms with Crippen molar-refractivity contribution in [2.75, 3.05) is 0 Å². The highest BCUT2D eigenvalue weighted by molar-refractivity contribution is 9.11. The summed E-state index contributed by atoms with van der Waals surface area (Å²) in [5.74, 6) is -0.0552. The van der Waals surface area contributed by atoms with Crippen molar-refractivity contribution < 1.29 is 4.79 Å². The quantitative estimate of drug-likeness (QED) is 0.365. The van der Waals surface area contributed by atoms with Crippen LogP contribution in [0.1, 0.15) is 28.7 Å². The number of halogens is 4. The summed E-state index contributed by atoms with van der Waals surface area (Å²) < 4.78 is 4.89. The minimum Gasteiger partial charge on any atom is -0.316 e. The van der Waals surface area contributed by atoms with Crippen molar-refractivity contribution in [3.05, 3.63) is 48.6 Å². The molecule has 0 fully saturated rings. The molecule has 0 aliphatic heterocycles. The van der Waals surface area contributed by atoms with Crippen LogP contribution in [0.15, 0.2) is 31.6 Å². The van der Waals surface area contributed by atoms with E-state index in [2.05, 4.69) is 47.8 Å². The Morgan fingerprint density at radius 1 is 1.14 bits per heavy atom. The molecule has 2 rings (SSSR count). The topological polar surface area (TPSA) is 22.0 Å². The molecular weight excluding hydrogens is 485 g/mol. The van der Waals surface area contributed by atoms with Crippen LogP contribution in [-0.4, -0.2) is 15.7 Å². The summed E-state index contributed by atoms with van der Waals surface area (Å²) in [5.41, 5.74) is 3.50. The van der Waals surface area contributed by atoms with Gasteiger partial charge in [0.15, 0.2) is 5.78 Å². The van der Waals surface area contributed by atoms with Gasteiger partial charge in [0.05, 0.1) is 11.1 Å². The number of alkyl halides is 1. The van der Waals surface area contributed by atoms with Crippen molar-refractivity contribution in [1.82, 2.24) is 4.57 Å². The van der Waals surface area contributed by atoms with E-state index in [0.717, 1.165) is 30.5 Å². The van der Waals surface area contributed by atoms with Gasteiger partial charge in [-0.05, 0) is 70.8 Å². The molecule has 112 valence electrons. The predicted octanol–water partition coefficient (Wildman–Crippen LogP) is 6.19. The summed E-state index contributed by atoms with van der Waals surface area (Å²) in [7, 11) is 0. The molecule has 1 heterocycles. The highest BCUT2D eigenvalue weighted by Gasteiger charge is 2.22. The Labute approximate surface area is 154 Å². The maximum atomic E-state index is 12.2. The van der Waals surface area contributed by atoms with E-state index in [1.807, 2.05) is 36.6 Å². The summed E-state index contributed by atoms with van der Waals surface area (Å²) in [6.45, 7) is 5.60. The first-order chi connectivity index (χ1) is 9.73. The van der Waals surface area contributed by atoms with E-state index in [-0.39, 0.29) is 5.78 Å². The molecule has 21 heavy (non-hydrogen) atoms. The summed E-state index contributed by atoms with van der Waals surface area (Å²) in [6, 6.07) is 5.84. The number of hydrogen-bond donors (Lipinski definition) is 0. The molecular formula is C15H13Br3ClNO. The lowest BCUT2D eigenvalue weighted by molar-refractivity contribution is 0.0991. The van der Waals surface area contributed by atoms with Gasteiger partial charge < -0.3 is 4.57 Å². The third-order valence-corrected chi connectivity index (χ3v) is 5.13. The average molecular weight is 498 g/mol. The zero-order chi connectivity index (χ0) is 15.9. The lowest BCUT2D eigenvalue weighted by atomic mass is 10.1. The maximum Gasteiger partial charge on any atom is 0.182 e. The molecule has 0 saturated heterocycles. The van der Waals surface area contributed by atoms with Gasteiger partial charge in [0, 0.05) is 30.4 Å². The van der Waals surface area contributed by atoms with Crippen LogP contribution in [0.4, 0.5) is 0 Å². The molecule has 0 spiro atoms. The van der Waals surface area contributed by atoms with Gasteiger partial charge in [0.25, 0.3) is 0 Å². The van der Waals surface area contributed by atoms with Gasteiger partial charge in [0.1, 0.15) is 0 Å². The number of carbonyl (C=O) groups is 1. The van der Waals surface area contributed by atoms with Crippen LogP contribution in [0.25, 0.3) is 5.69 Å². The van der Waals surface area contributed by atoms with Gasteiger partial charge in [-0.2, -0.15) is 0 Å². The molecule has 6 heteroatoms. The van der Waals surface area contributed by atoms with E-state index in [9.17, 15) is 4.79 Å². The fourth-order valence-corrected chi connectivity index (χ4v) is 5.05. The summed E-state index contributed by atoms with van der Waals surface area (Å²) in [5, 5.41) is -0.532. The summed E-state index contributed by atoms with van der Waals surface area (Å²) >= 11 is 16.6. The number of hydrogen-bond acceptors (Lipinski definition) is 1. The Morgan fingerprint density at radius 3 is 2.14 bits per heavy atom. The first-order valence-electron chi connectivity index (χ1n) is 6.26. The standard InChI is InChI=1S/C15H13Br3ClNO/c1-7-4-11(15(21)8(2)19)9(3)20(7)14-12(17)5-10(16)6-13(14)18/h4-6,8H,1-3H3. The zero-order valence-electron chi connectivity index (χ0n) is 11.7. The first kappa shape index (κ1) is 17.3. The van der Waals surface area contributed by atoms with Crippen LogP contribution in [0.5, 0.6) is 0 Å². The van der Waals surface area contributed by atoms with Crippen LogP contribution in [0, 0.1) is 13.8 Å². The van der Waals surface area contributed by atoms with Gasteiger partial charge >= 0.3 is 0 Å². The van der Waals surface area contributed by atoms with Gasteiger partial charge in [-0.3, -0.25) is 4.79 Å². The van der Waals surface area contributed by atoms with Crippen molar-refractivity contribution in [2.24, 2.45) is 0 Å². The smallest absolute Gasteiger partial charge is 0.182 e. The average Bonchev–Trinajstić information content (AvgIpc) is 2.64. The number of nitrogens with zero attached hydrogens (tertiary/aromatic N) is 1. The molecule has 0 aliphatic rings. The van der Waals surface area contributed by atoms with E-state index in [1.54, 1.807) is 6.92 Å². The van der Waals surface area contributed by atoms with Crippen LogP contribution >= 0.6 is 59.4 Å². The highest BCUT2D eigenvalue weighted by Crippen LogP contribution is 2.35. The minimum absolute atomic E-state index is 0.0552. The molecule has 0 radical (unpaired) electrons. The molecule has 1 unspecified atom stereocenters. The molecule has 0 saturated carbocycles. The fraction of sp³-hybridized carbons (Fsp3) is 0.267. The lowest BCUT2D eigenvalue weighted by Crippen LogP contribution is -2.12. The zero-order valence-corrected chi connectivity index (χ0v) is 17.2. The second kappa shape index (κ2) is 6.57. The largest absolute Gasteiger partial charge is 0.316 e. The van der Waals surface area contributed by atoms with Crippen molar-refractivity contribution in [3.8, 4) is 5.69 Å². The maximum absolute atomic E-state index is 12.2. The van der Waals surface area contributed by atoms with Crippen molar-refractivity contribution in [2.45, 2.75) is 26.1 Å². The fourth-order valence-electron chi connectivity index (χ4n) is 2.32. The van der Waals surface area contributed by atoms with Gasteiger partial charge in [-0.25, -0.2) is 0 Å². The van der Waals surface area contributed by atoms with Gasteiger partial charge in [-0.1, -0.05) is 15.9 Å².